The van der Waals surface area contributed by atoms with Crippen molar-refractivity contribution in [2.75, 3.05) is 16.8 Å². The third-order valence-corrected chi connectivity index (χ3v) is 9.47. The molecule has 0 aromatic heterocycles. The molecule has 4 aromatic carbocycles. The van der Waals surface area contributed by atoms with E-state index < -0.39 is 6.29 Å². The van der Waals surface area contributed by atoms with Gasteiger partial charge in [0.1, 0.15) is 0 Å². The number of para-hydroxylation sites is 2. The van der Waals surface area contributed by atoms with Gasteiger partial charge in [-0.15, -0.1) is 11.8 Å². The quantitative estimate of drug-likeness (QED) is 0.0549. The second-order valence-corrected chi connectivity index (χ2v) is 13.1. The Kier molecular flexibility index (Phi) is 13.5. The molecule has 0 spiro atoms. The first-order chi connectivity index (χ1) is 23.5. The molecule has 1 fully saturated rings. The molecule has 0 saturated carbocycles. The Bertz CT molecular complexity index is 1580. The summed E-state index contributed by atoms with van der Waals surface area (Å²) < 4.78 is 12.9. The number of hydrogen-bond acceptors (Lipinski definition) is 7. The lowest BCUT2D eigenvalue weighted by molar-refractivity contribution is -0.245. The number of thioether (sulfide) groups is 1. The normalized spacial score (nSPS) is 17.5. The van der Waals surface area contributed by atoms with E-state index in [9.17, 15) is 14.7 Å². The largest absolute Gasteiger partial charge is 0.397 e. The summed E-state index contributed by atoms with van der Waals surface area (Å²) in [5.41, 5.74) is 10.9. The Morgan fingerprint density at radius 3 is 2.10 bits per heavy atom. The molecule has 9 heteroatoms. The van der Waals surface area contributed by atoms with E-state index in [0.29, 0.717) is 30.8 Å². The third kappa shape index (κ3) is 11.0. The van der Waals surface area contributed by atoms with Crippen LogP contribution in [0, 0.1) is 0 Å². The van der Waals surface area contributed by atoms with E-state index in [4.69, 9.17) is 15.2 Å². The molecule has 48 heavy (non-hydrogen) atoms. The predicted molar refractivity (Wildman–Crippen MR) is 191 cm³/mol. The van der Waals surface area contributed by atoms with Gasteiger partial charge in [-0.1, -0.05) is 91.7 Å². The van der Waals surface area contributed by atoms with Gasteiger partial charge in [0.05, 0.1) is 30.2 Å². The fourth-order valence-corrected chi connectivity index (χ4v) is 6.50. The van der Waals surface area contributed by atoms with E-state index in [1.165, 1.54) is 4.90 Å². The minimum absolute atomic E-state index is 0.00860. The van der Waals surface area contributed by atoms with Gasteiger partial charge in [-0.2, -0.15) is 0 Å². The fourth-order valence-electron chi connectivity index (χ4n) is 5.56. The third-order valence-electron chi connectivity index (χ3n) is 8.33. The van der Waals surface area contributed by atoms with Crippen LogP contribution in [0.5, 0.6) is 0 Å². The lowest BCUT2D eigenvalue weighted by Gasteiger charge is -2.36. The zero-order valence-electron chi connectivity index (χ0n) is 27.2. The van der Waals surface area contributed by atoms with Crippen molar-refractivity contribution in [1.29, 1.82) is 0 Å². The van der Waals surface area contributed by atoms with Gasteiger partial charge in [0.2, 0.25) is 11.8 Å². The van der Waals surface area contributed by atoms with Crippen molar-refractivity contribution in [2.24, 2.45) is 0 Å². The van der Waals surface area contributed by atoms with Crippen molar-refractivity contribution >= 4 is 35.0 Å². The molecule has 1 aliphatic rings. The number of aliphatic hydroxyl groups excluding tert-OH is 1. The highest BCUT2D eigenvalue weighted by molar-refractivity contribution is 7.99. The van der Waals surface area contributed by atoms with Crippen LogP contribution in [0.2, 0.25) is 0 Å². The van der Waals surface area contributed by atoms with Gasteiger partial charge in [0.15, 0.2) is 6.29 Å². The average Bonchev–Trinajstić information content (AvgIpc) is 3.13. The Morgan fingerprint density at radius 1 is 0.750 bits per heavy atom. The maximum Gasteiger partial charge on any atom is 0.224 e. The number of unbranched alkanes of at least 4 members (excludes halogenated alkanes) is 3. The maximum atomic E-state index is 12.5. The molecule has 1 heterocycles. The lowest BCUT2D eigenvalue weighted by atomic mass is 10.0. The van der Waals surface area contributed by atoms with Gasteiger partial charge >= 0.3 is 0 Å². The molecular formula is C39H45N3O5S. The van der Waals surface area contributed by atoms with Crippen molar-refractivity contribution < 1.29 is 24.2 Å². The van der Waals surface area contributed by atoms with Crippen LogP contribution in [0.25, 0.3) is 0 Å². The molecule has 8 nitrogen and oxygen atoms in total. The van der Waals surface area contributed by atoms with Crippen LogP contribution in [0.15, 0.2) is 108 Å². The number of hydrogen-bond donors (Lipinski definition) is 4. The van der Waals surface area contributed by atoms with Crippen molar-refractivity contribution in [3.05, 3.63) is 125 Å². The number of amides is 2. The van der Waals surface area contributed by atoms with Crippen molar-refractivity contribution in [1.82, 2.24) is 5.32 Å². The number of benzene rings is 4. The molecule has 4 aromatic rings. The zero-order chi connectivity index (χ0) is 33.6. The highest BCUT2D eigenvalue weighted by atomic mass is 32.2. The molecule has 252 valence electrons. The SMILES string of the molecule is Nc1ccccc1NC(=O)CCCCCCC(=O)NCc1ccc(C2OC(CSc3ccccc3)CC(c3ccc(CO)cc3)O2)cc1. The Hall–Kier alpha value is -4.15. The summed E-state index contributed by atoms with van der Waals surface area (Å²) in [6.45, 7) is 0.457. The number of ether oxygens (including phenoxy) is 2. The van der Waals surface area contributed by atoms with E-state index in [0.717, 1.165) is 60.1 Å². The highest BCUT2D eigenvalue weighted by Gasteiger charge is 2.32. The predicted octanol–water partition coefficient (Wildman–Crippen LogP) is 7.69. The molecule has 3 atom stereocenters. The zero-order valence-corrected chi connectivity index (χ0v) is 28.0. The fraction of sp³-hybridized carbons (Fsp3) is 0.333. The monoisotopic (exact) mass is 667 g/mol. The van der Waals surface area contributed by atoms with E-state index in [1.807, 2.05) is 78.9 Å². The molecule has 3 unspecified atom stereocenters. The van der Waals surface area contributed by atoms with Gasteiger partial charge in [0, 0.05) is 42.0 Å². The molecule has 0 aliphatic carbocycles. The molecule has 5 N–H and O–H groups in total. The molecular weight excluding hydrogens is 623 g/mol. The first-order valence-corrected chi connectivity index (χ1v) is 17.6. The van der Waals surface area contributed by atoms with Crippen LogP contribution in [0.1, 0.15) is 79.6 Å². The molecule has 0 bridgehead atoms. The summed E-state index contributed by atoms with van der Waals surface area (Å²) in [7, 11) is 0. The summed E-state index contributed by atoms with van der Waals surface area (Å²) in [6, 6.07) is 33.5. The summed E-state index contributed by atoms with van der Waals surface area (Å²) >= 11 is 1.78. The Labute approximate surface area is 287 Å². The van der Waals surface area contributed by atoms with Gasteiger partial charge < -0.3 is 30.9 Å². The van der Waals surface area contributed by atoms with E-state index in [-0.39, 0.29) is 30.6 Å². The van der Waals surface area contributed by atoms with Crippen LogP contribution in [-0.2, 0) is 32.2 Å². The summed E-state index contributed by atoms with van der Waals surface area (Å²) in [6.07, 6.45) is 4.28. The average molecular weight is 668 g/mol. The maximum absolute atomic E-state index is 12.5. The molecule has 5 rings (SSSR count). The topological polar surface area (TPSA) is 123 Å². The Balaban J connectivity index is 1.05. The second kappa shape index (κ2) is 18.4. The minimum Gasteiger partial charge on any atom is -0.397 e. The Morgan fingerprint density at radius 2 is 1.40 bits per heavy atom. The number of anilines is 2. The smallest absolute Gasteiger partial charge is 0.224 e. The van der Waals surface area contributed by atoms with Crippen molar-refractivity contribution in [3.8, 4) is 0 Å². The number of nitrogens with one attached hydrogen (secondary N) is 2. The second-order valence-electron chi connectivity index (χ2n) is 12.0. The van der Waals surface area contributed by atoms with E-state index >= 15 is 0 Å². The van der Waals surface area contributed by atoms with E-state index in [2.05, 4.69) is 22.8 Å². The molecule has 0 radical (unpaired) electrons. The van der Waals surface area contributed by atoms with Crippen LogP contribution in [0.3, 0.4) is 0 Å². The number of rotatable bonds is 16. The number of nitrogens with two attached hydrogens (primary N) is 1. The first-order valence-electron chi connectivity index (χ1n) is 16.6. The highest BCUT2D eigenvalue weighted by Crippen LogP contribution is 2.39. The number of carbonyl (C=O) groups is 2. The summed E-state index contributed by atoms with van der Waals surface area (Å²) in [4.78, 5) is 25.8. The number of nitrogen functional groups attached to an aromatic ring is 1. The minimum atomic E-state index is -0.520. The van der Waals surface area contributed by atoms with Crippen molar-refractivity contribution in [2.45, 2.75) is 81.5 Å². The first kappa shape index (κ1) is 35.2. The van der Waals surface area contributed by atoms with E-state index in [1.54, 1.807) is 23.9 Å². The van der Waals surface area contributed by atoms with Crippen LogP contribution in [0.4, 0.5) is 11.4 Å². The molecule has 1 aliphatic heterocycles. The molecule has 1 saturated heterocycles. The number of aliphatic hydroxyl groups is 1. The van der Waals surface area contributed by atoms with Gasteiger partial charge in [-0.05, 0) is 53.8 Å². The van der Waals surface area contributed by atoms with Crippen molar-refractivity contribution in [3.63, 3.8) is 0 Å². The summed E-state index contributed by atoms with van der Waals surface area (Å²) in [5, 5.41) is 15.3. The summed E-state index contributed by atoms with van der Waals surface area (Å²) in [5.74, 6) is 0.774. The van der Waals surface area contributed by atoms with Gasteiger partial charge in [-0.3, -0.25) is 9.59 Å². The van der Waals surface area contributed by atoms with Gasteiger partial charge in [-0.25, -0.2) is 0 Å². The number of carbonyl (C=O) groups excluding carboxylic acids is 2. The lowest BCUT2D eigenvalue weighted by Crippen LogP contribution is -2.31. The van der Waals surface area contributed by atoms with Crippen LogP contribution in [-0.4, -0.2) is 28.8 Å². The standard InChI is InChI=1S/C39H45N3O5S/c40-34-12-8-9-13-35(34)42-38(45)15-7-2-1-6-14-37(44)41-25-28-16-22-31(23-17-28)39-46-32(27-48-33-10-4-3-5-11-33)24-36(47-39)30-20-18-29(26-43)19-21-30/h3-5,8-13,16-23,32,36,39,43H,1-2,6-7,14-15,24-27,40H2,(H,41,44)(H,42,45). The van der Waals surface area contributed by atoms with Gasteiger partial charge in [0.25, 0.3) is 0 Å². The van der Waals surface area contributed by atoms with Crippen LogP contribution >= 0.6 is 11.8 Å². The van der Waals surface area contributed by atoms with Crippen LogP contribution < -0.4 is 16.4 Å². The molecule has 2 amide bonds.